The summed E-state index contributed by atoms with van der Waals surface area (Å²) in [6.45, 7) is 1.62. The van der Waals surface area contributed by atoms with E-state index in [2.05, 4.69) is 15.7 Å². The molecule has 0 saturated carbocycles. The average Bonchev–Trinajstić information content (AvgIpc) is 3.23. The molecule has 6 nitrogen and oxygen atoms in total. The van der Waals surface area contributed by atoms with Gasteiger partial charge in [-0.25, -0.2) is 15.4 Å². The second-order valence-corrected chi connectivity index (χ2v) is 6.19. The first kappa shape index (κ1) is 16.6. The Balaban J connectivity index is 1.78. The number of allylic oxidation sites excluding steroid dienone is 1. The largest absolute Gasteiger partial charge is 0.444 e. The number of oxazole rings is 1. The molecule has 0 radical (unpaired) electrons. The van der Waals surface area contributed by atoms with Gasteiger partial charge in [0.25, 0.3) is 5.91 Å². The third kappa shape index (κ3) is 2.55. The third-order valence-corrected chi connectivity index (χ3v) is 4.61. The first-order valence-electron chi connectivity index (χ1n) is 7.96. The Hall–Kier alpha value is -2.81. The summed E-state index contributed by atoms with van der Waals surface area (Å²) in [5.74, 6) is -1.55. The molecule has 1 fully saturated rings. The zero-order valence-electron chi connectivity index (χ0n) is 13.6. The zero-order valence-corrected chi connectivity index (χ0v) is 13.6. The van der Waals surface area contributed by atoms with Gasteiger partial charge in [0, 0.05) is 5.70 Å². The van der Waals surface area contributed by atoms with E-state index in [9.17, 15) is 18.0 Å². The van der Waals surface area contributed by atoms with Crippen molar-refractivity contribution in [2.75, 3.05) is 0 Å². The van der Waals surface area contributed by atoms with Crippen molar-refractivity contribution in [2.24, 2.45) is 0 Å². The second-order valence-electron chi connectivity index (χ2n) is 6.19. The summed E-state index contributed by atoms with van der Waals surface area (Å²) >= 11 is 0. The molecule has 0 aliphatic carbocycles. The van der Waals surface area contributed by atoms with E-state index in [1.54, 1.807) is 37.3 Å². The first-order chi connectivity index (χ1) is 12.4. The Morgan fingerprint density at radius 3 is 2.58 bits per heavy atom. The van der Waals surface area contributed by atoms with Crippen LogP contribution in [0.2, 0.25) is 0 Å². The van der Waals surface area contributed by atoms with Gasteiger partial charge < -0.3 is 9.73 Å². The molecule has 3 heterocycles. The number of aromatic nitrogens is 1. The molecule has 2 aliphatic rings. The normalized spacial score (nSPS) is 26.1. The molecule has 1 aromatic heterocycles. The maximum Gasteiger partial charge on any atom is 0.406 e. The summed E-state index contributed by atoms with van der Waals surface area (Å²) < 4.78 is 46.1. The van der Waals surface area contributed by atoms with E-state index in [4.69, 9.17) is 4.42 Å². The fourth-order valence-electron chi connectivity index (χ4n) is 3.49. The third-order valence-electron chi connectivity index (χ3n) is 4.61. The van der Waals surface area contributed by atoms with E-state index < -0.39 is 30.2 Å². The van der Waals surface area contributed by atoms with Crippen molar-refractivity contribution in [3.05, 3.63) is 59.9 Å². The number of nitrogens with zero attached hydrogens (tertiary/aromatic N) is 2. The van der Waals surface area contributed by atoms with E-state index >= 15 is 0 Å². The summed E-state index contributed by atoms with van der Waals surface area (Å²) in [6.07, 6.45) is -2.73. The lowest BCUT2D eigenvalue weighted by Gasteiger charge is -2.34. The monoisotopic (exact) mass is 364 g/mol. The predicted octanol–water partition coefficient (Wildman–Crippen LogP) is 2.40. The number of nitrogens with one attached hydrogen (secondary N) is 2. The van der Waals surface area contributed by atoms with Gasteiger partial charge in [-0.3, -0.25) is 4.79 Å². The van der Waals surface area contributed by atoms with Crippen molar-refractivity contribution in [3.63, 3.8) is 0 Å². The van der Waals surface area contributed by atoms with E-state index in [1.165, 1.54) is 12.5 Å². The maximum atomic E-state index is 13.7. The number of carbonyl (C=O) groups is 1. The van der Waals surface area contributed by atoms with Crippen molar-refractivity contribution >= 4 is 11.5 Å². The second kappa shape index (κ2) is 5.87. The fraction of sp³-hybridized carbons (Fsp3) is 0.294. The number of hydrogen-bond acceptors (Lipinski definition) is 5. The zero-order chi connectivity index (χ0) is 18.5. The van der Waals surface area contributed by atoms with Gasteiger partial charge in [-0.15, -0.1) is 0 Å². The molecule has 0 bridgehead atoms. The van der Waals surface area contributed by atoms with Crippen molar-refractivity contribution in [1.29, 1.82) is 0 Å². The van der Waals surface area contributed by atoms with Gasteiger partial charge in [0.1, 0.15) is 24.0 Å². The number of rotatable bonds is 2. The van der Waals surface area contributed by atoms with Crippen molar-refractivity contribution < 1.29 is 22.4 Å². The minimum Gasteiger partial charge on any atom is -0.444 e. The minimum atomic E-state index is -4.53. The van der Waals surface area contributed by atoms with Crippen LogP contribution in [0, 0.1) is 0 Å². The number of hydrazine groups is 1. The first-order valence-corrected chi connectivity index (χ1v) is 7.96. The van der Waals surface area contributed by atoms with Crippen molar-refractivity contribution in [1.82, 2.24) is 20.7 Å². The molecule has 1 saturated heterocycles. The van der Waals surface area contributed by atoms with Crippen LogP contribution in [0.3, 0.4) is 0 Å². The number of fused-ring (bicyclic) bond motifs is 1. The van der Waals surface area contributed by atoms with Gasteiger partial charge in [-0.1, -0.05) is 30.3 Å². The Bertz CT molecular complexity index is 849. The molecule has 2 aromatic rings. The van der Waals surface area contributed by atoms with Gasteiger partial charge in [0.2, 0.25) is 5.89 Å². The molecule has 2 aliphatic heterocycles. The minimum absolute atomic E-state index is 0.0620. The topological polar surface area (TPSA) is 70.4 Å². The molecule has 1 aromatic carbocycles. The Kier molecular flexibility index (Phi) is 3.76. The fourth-order valence-corrected chi connectivity index (χ4v) is 3.49. The van der Waals surface area contributed by atoms with Gasteiger partial charge in [0.05, 0.1) is 12.1 Å². The van der Waals surface area contributed by atoms with Crippen LogP contribution in [0.5, 0.6) is 0 Å². The molecule has 9 heteroatoms. The highest BCUT2D eigenvalue weighted by Gasteiger charge is 2.58. The molecule has 3 atom stereocenters. The molecule has 26 heavy (non-hydrogen) atoms. The van der Waals surface area contributed by atoms with Crippen molar-refractivity contribution in [3.8, 4) is 0 Å². The molecular weight excluding hydrogens is 349 g/mol. The standard InChI is InChI=1S/C17H15F3N4O2/c1-9-11(15-21-7-8-26-15)16(25)24-14(22-9)12(10-5-3-2-4-6-10)13(23-24)17(18,19)20/h2-8,12-14,22-23H,1H3. The SMILES string of the molecule is CC1=C(c2ncco2)C(=O)N2NC(C(F)(F)F)C(c3ccccc3)C2N1. The highest BCUT2D eigenvalue weighted by molar-refractivity contribution is 6.19. The van der Waals surface area contributed by atoms with Gasteiger partial charge >= 0.3 is 6.18 Å². The van der Waals surface area contributed by atoms with Crippen LogP contribution in [0.4, 0.5) is 13.2 Å². The smallest absolute Gasteiger partial charge is 0.406 e. The lowest BCUT2D eigenvalue weighted by molar-refractivity contribution is -0.161. The molecule has 3 unspecified atom stereocenters. The number of carbonyl (C=O) groups excluding carboxylic acids is 1. The molecular formula is C17H15F3N4O2. The lowest BCUT2D eigenvalue weighted by atomic mass is 9.89. The van der Waals surface area contributed by atoms with Crippen LogP contribution in [0.1, 0.15) is 24.3 Å². The Labute approximate surface area is 146 Å². The summed E-state index contributed by atoms with van der Waals surface area (Å²) in [5.41, 5.74) is 3.35. The molecule has 4 rings (SSSR count). The van der Waals surface area contributed by atoms with Gasteiger partial charge in [-0.05, 0) is 12.5 Å². The highest BCUT2D eigenvalue weighted by Crippen LogP contribution is 2.42. The van der Waals surface area contributed by atoms with Crippen LogP contribution >= 0.6 is 0 Å². The molecule has 1 amide bonds. The van der Waals surface area contributed by atoms with Crippen LogP contribution in [0.25, 0.3) is 5.57 Å². The number of benzene rings is 1. The maximum absolute atomic E-state index is 13.7. The van der Waals surface area contributed by atoms with E-state index in [0.717, 1.165) is 5.01 Å². The van der Waals surface area contributed by atoms with E-state index in [0.29, 0.717) is 11.3 Å². The van der Waals surface area contributed by atoms with Crippen LogP contribution in [0.15, 0.2) is 52.9 Å². The average molecular weight is 364 g/mol. The van der Waals surface area contributed by atoms with Gasteiger partial charge in [-0.2, -0.15) is 13.2 Å². The molecule has 0 spiro atoms. The van der Waals surface area contributed by atoms with Crippen LogP contribution in [-0.2, 0) is 4.79 Å². The summed E-state index contributed by atoms with van der Waals surface area (Å²) in [6, 6.07) is 6.45. The predicted molar refractivity (Wildman–Crippen MR) is 85.0 cm³/mol. The number of amides is 1. The Morgan fingerprint density at radius 2 is 1.96 bits per heavy atom. The molecule has 2 N–H and O–H groups in total. The van der Waals surface area contributed by atoms with Crippen LogP contribution in [-0.4, -0.2) is 34.3 Å². The number of hydrogen-bond donors (Lipinski definition) is 2. The number of alkyl halides is 3. The van der Waals surface area contributed by atoms with E-state index in [-0.39, 0.29) is 11.5 Å². The summed E-state index contributed by atoms with van der Waals surface area (Å²) in [5, 5.41) is 4.01. The molecule has 136 valence electrons. The summed E-state index contributed by atoms with van der Waals surface area (Å²) in [4.78, 5) is 16.8. The van der Waals surface area contributed by atoms with E-state index in [1.807, 2.05) is 0 Å². The van der Waals surface area contributed by atoms with Crippen LogP contribution < -0.4 is 10.7 Å². The van der Waals surface area contributed by atoms with Crippen molar-refractivity contribution in [2.45, 2.75) is 31.2 Å². The Morgan fingerprint density at radius 1 is 1.23 bits per heavy atom. The summed E-state index contributed by atoms with van der Waals surface area (Å²) in [7, 11) is 0. The highest BCUT2D eigenvalue weighted by atomic mass is 19.4. The quantitative estimate of drug-likeness (QED) is 0.856. The van der Waals surface area contributed by atoms with Gasteiger partial charge in [0.15, 0.2) is 0 Å². The lowest BCUT2D eigenvalue weighted by Crippen LogP contribution is -2.54. The number of halogens is 3.